The molecule has 4 aromatic rings. The zero-order valence-electron chi connectivity index (χ0n) is 14.0. The van der Waals surface area contributed by atoms with Gasteiger partial charge in [-0.05, 0) is 25.1 Å². The third-order valence-corrected chi connectivity index (χ3v) is 5.73. The quantitative estimate of drug-likeness (QED) is 0.459. The summed E-state index contributed by atoms with van der Waals surface area (Å²) in [5.74, 6) is -0.232. The average molecular weight is 418 g/mol. The number of nitrogens with zero attached hydrogens (tertiary/aromatic N) is 3. The summed E-state index contributed by atoms with van der Waals surface area (Å²) in [5.41, 5.74) is 2.75. The van der Waals surface area contributed by atoms with Crippen LogP contribution in [0.4, 0.5) is 5.69 Å². The molecule has 0 aliphatic carbocycles. The number of benzene rings is 2. The lowest BCUT2D eigenvalue weighted by Crippen LogP contribution is -2.23. The van der Waals surface area contributed by atoms with Gasteiger partial charge in [-0.25, -0.2) is 4.98 Å². The van der Waals surface area contributed by atoms with Crippen LogP contribution in [0.2, 0.25) is 10.0 Å². The van der Waals surface area contributed by atoms with Crippen LogP contribution in [0.25, 0.3) is 22.1 Å². The van der Waals surface area contributed by atoms with E-state index in [2.05, 4.69) is 25.5 Å². The van der Waals surface area contributed by atoms with Crippen molar-refractivity contribution in [3.8, 4) is 0 Å². The lowest BCUT2D eigenvalue weighted by molar-refractivity contribution is -0.115. The van der Waals surface area contributed by atoms with Crippen molar-refractivity contribution in [1.82, 2.24) is 20.2 Å². The Balaban J connectivity index is 1.53. The number of amides is 1. The van der Waals surface area contributed by atoms with E-state index in [1.54, 1.807) is 25.1 Å². The van der Waals surface area contributed by atoms with E-state index in [0.29, 0.717) is 32.1 Å². The molecule has 1 unspecified atom stereocenters. The molecule has 0 spiro atoms. The Morgan fingerprint density at radius 1 is 1.15 bits per heavy atom. The zero-order chi connectivity index (χ0) is 19.0. The summed E-state index contributed by atoms with van der Waals surface area (Å²) in [6.45, 7) is 1.76. The first-order valence-corrected chi connectivity index (χ1v) is 9.69. The number of carbonyl (C=O) groups excluding carboxylic acids is 1. The summed E-state index contributed by atoms with van der Waals surface area (Å²) < 4.78 is 0. The second-order valence-corrected chi connectivity index (χ2v) is 7.91. The van der Waals surface area contributed by atoms with Crippen molar-refractivity contribution in [1.29, 1.82) is 0 Å². The van der Waals surface area contributed by atoms with Crippen LogP contribution in [-0.4, -0.2) is 31.3 Å². The van der Waals surface area contributed by atoms with Gasteiger partial charge in [0.2, 0.25) is 11.1 Å². The van der Waals surface area contributed by atoms with E-state index in [1.165, 1.54) is 11.8 Å². The summed E-state index contributed by atoms with van der Waals surface area (Å²) in [5, 5.41) is 12.8. The molecule has 1 atom stereocenters. The number of H-pyrrole nitrogens is 1. The topological polar surface area (TPSA) is 83.6 Å². The molecule has 4 rings (SSSR count). The minimum Gasteiger partial charge on any atom is -0.338 e. The number of anilines is 1. The predicted octanol–water partition coefficient (Wildman–Crippen LogP) is 4.93. The fraction of sp³-hybridized carbons (Fsp3) is 0.111. The first-order chi connectivity index (χ1) is 13.0. The van der Waals surface area contributed by atoms with Crippen molar-refractivity contribution in [2.45, 2.75) is 17.3 Å². The molecule has 9 heteroatoms. The normalized spacial score (nSPS) is 12.4. The molecule has 0 aliphatic heterocycles. The second kappa shape index (κ2) is 7.34. The van der Waals surface area contributed by atoms with Crippen molar-refractivity contribution in [2.75, 3.05) is 5.32 Å². The Morgan fingerprint density at radius 2 is 1.96 bits per heavy atom. The molecule has 0 saturated carbocycles. The van der Waals surface area contributed by atoms with Gasteiger partial charge in [-0.1, -0.05) is 59.2 Å². The third kappa shape index (κ3) is 3.58. The third-order valence-electron chi connectivity index (χ3n) is 3.96. The highest BCUT2D eigenvalue weighted by Gasteiger charge is 2.19. The van der Waals surface area contributed by atoms with E-state index in [4.69, 9.17) is 23.2 Å². The van der Waals surface area contributed by atoms with E-state index in [-0.39, 0.29) is 5.91 Å². The van der Waals surface area contributed by atoms with Crippen LogP contribution in [0.15, 0.2) is 47.6 Å². The number of aromatic amines is 1. The lowest BCUT2D eigenvalue weighted by Gasteiger charge is -2.12. The highest BCUT2D eigenvalue weighted by atomic mass is 35.5. The lowest BCUT2D eigenvalue weighted by atomic mass is 10.2. The highest BCUT2D eigenvalue weighted by Crippen LogP contribution is 2.31. The number of rotatable bonds is 4. The molecule has 0 aliphatic rings. The van der Waals surface area contributed by atoms with E-state index in [0.717, 1.165) is 10.9 Å². The summed E-state index contributed by atoms with van der Waals surface area (Å²) in [7, 11) is 0. The van der Waals surface area contributed by atoms with Gasteiger partial charge in [-0.15, -0.1) is 10.2 Å². The maximum Gasteiger partial charge on any atom is 0.237 e. The number of aromatic nitrogens is 4. The standard InChI is InChI=1S/C18H13Cl2N5OS/c1-9(17(26)22-13-8-4-6-11(19)14(13)20)27-18-23-16-15(24-25-18)10-5-2-3-7-12(10)21-16/h2-9H,1H3,(H,22,26)(H,21,23,25). The SMILES string of the molecule is CC(Sc1nnc2c(n1)[nH]c1ccccc12)C(=O)Nc1cccc(Cl)c1Cl. The average Bonchev–Trinajstić information content (AvgIpc) is 3.03. The Hall–Kier alpha value is -2.35. The Kier molecular flexibility index (Phi) is 4.90. The molecule has 1 amide bonds. The molecule has 27 heavy (non-hydrogen) atoms. The smallest absolute Gasteiger partial charge is 0.237 e. The Labute approximate surface area is 168 Å². The van der Waals surface area contributed by atoms with Crippen LogP contribution in [-0.2, 0) is 4.79 Å². The van der Waals surface area contributed by atoms with Crippen LogP contribution in [0.5, 0.6) is 0 Å². The van der Waals surface area contributed by atoms with E-state index in [1.807, 2.05) is 24.3 Å². The van der Waals surface area contributed by atoms with Crippen LogP contribution >= 0.6 is 35.0 Å². The molecule has 0 saturated heterocycles. The van der Waals surface area contributed by atoms with E-state index >= 15 is 0 Å². The van der Waals surface area contributed by atoms with Gasteiger partial charge in [0, 0.05) is 10.9 Å². The fourth-order valence-corrected chi connectivity index (χ4v) is 3.66. The summed E-state index contributed by atoms with van der Waals surface area (Å²) in [4.78, 5) is 20.2. The van der Waals surface area contributed by atoms with Gasteiger partial charge in [0.1, 0.15) is 5.52 Å². The van der Waals surface area contributed by atoms with Gasteiger partial charge in [0.05, 0.1) is 21.0 Å². The summed E-state index contributed by atoms with van der Waals surface area (Å²) in [6.07, 6.45) is 0. The molecular formula is C18H13Cl2N5OS. The Bertz CT molecular complexity index is 1160. The van der Waals surface area contributed by atoms with Crippen LogP contribution < -0.4 is 5.32 Å². The molecule has 6 nitrogen and oxygen atoms in total. The number of hydrogen-bond donors (Lipinski definition) is 2. The van der Waals surface area contributed by atoms with Gasteiger partial charge in [0.25, 0.3) is 0 Å². The molecule has 0 bridgehead atoms. The first kappa shape index (κ1) is 18.0. The van der Waals surface area contributed by atoms with Crippen molar-refractivity contribution < 1.29 is 4.79 Å². The summed E-state index contributed by atoms with van der Waals surface area (Å²) in [6, 6.07) is 12.9. The molecule has 0 fully saturated rings. The van der Waals surface area contributed by atoms with Crippen molar-refractivity contribution in [2.24, 2.45) is 0 Å². The number of nitrogens with one attached hydrogen (secondary N) is 2. The number of carbonyl (C=O) groups is 1. The molecule has 2 heterocycles. The van der Waals surface area contributed by atoms with E-state index < -0.39 is 5.25 Å². The first-order valence-electron chi connectivity index (χ1n) is 8.05. The molecular weight excluding hydrogens is 405 g/mol. The fourth-order valence-electron chi connectivity index (χ4n) is 2.60. The van der Waals surface area contributed by atoms with Gasteiger partial charge < -0.3 is 10.3 Å². The minimum atomic E-state index is -0.455. The number of halogens is 2. The molecule has 0 radical (unpaired) electrons. The largest absolute Gasteiger partial charge is 0.338 e. The number of hydrogen-bond acceptors (Lipinski definition) is 5. The maximum atomic E-state index is 12.5. The molecule has 2 aromatic heterocycles. The second-order valence-electron chi connectivity index (χ2n) is 5.81. The maximum absolute atomic E-state index is 12.5. The summed E-state index contributed by atoms with van der Waals surface area (Å²) >= 11 is 13.3. The highest BCUT2D eigenvalue weighted by molar-refractivity contribution is 8.00. The van der Waals surface area contributed by atoms with Crippen LogP contribution in [0, 0.1) is 0 Å². The van der Waals surface area contributed by atoms with Gasteiger partial charge in [-0.2, -0.15) is 0 Å². The van der Waals surface area contributed by atoms with Gasteiger partial charge in [0.15, 0.2) is 5.65 Å². The van der Waals surface area contributed by atoms with Gasteiger partial charge in [-0.3, -0.25) is 4.79 Å². The van der Waals surface area contributed by atoms with Crippen molar-refractivity contribution >= 4 is 68.6 Å². The Morgan fingerprint density at radius 3 is 2.81 bits per heavy atom. The molecule has 2 N–H and O–H groups in total. The monoisotopic (exact) mass is 417 g/mol. The van der Waals surface area contributed by atoms with Crippen LogP contribution in [0.3, 0.4) is 0 Å². The van der Waals surface area contributed by atoms with Crippen LogP contribution in [0.1, 0.15) is 6.92 Å². The van der Waals surface area contributed by atoms with E-state index in [9.17, 15) is 4.79 Å². The number of para-hydroxylation sites is 1. The number of thioether (sulfide) groups is 1. The minimum absolute atomic E-state index is 0.232. The molecule has 2 aromatic carbocycles. The van der Waals surface area contributed by atoms with Gasteiger partial charge >= 0.3 is 0 Å². The zero-order valence-corrected chi connectivity index (χ0v) is 16.4. The predicted molar refractivity (Wildman–Crippen MR) is 110 cm³/mol. The number of fused-ring (bicyclic) bond motifs is 3. The van der Waals surface area contributed by atoms with Crippen molar-refractivity contribution in [3.05, 3.63) is 52.5 Å². The van der Waals surface area contributed by atoms with Crippen molar-refractivity contribution in [3.63, 3.8) is 0 Å². The molecule has 136 valence electrons.